The molecule has 1 nitrogen and oxygen atoms in total. The average Bonchev–Trinajstić information content (AvgIpc) is 2.12. The normalized spacial score (nSPS) is 11.9. The number of alkyl halides is 3. The third-order valence-electron chi connectivity index (χ3n) is 0.818. The van der Waals surface area contributed by atoms with Gasteiger partial charge in [-0.3, -0.25) is 0 Å². The molecule has 0 aliphatic heterocycles. The first kappa shape index (κ1) is 7.53. The van der Waals surface area contributed by atoms with Crippen LogP contribution in [0, 0.1) is 5.51 Å². The van der Waals surface area contributed by atoms with Gasteiger partial charge in [-0.2, -0.15) is 13.2 Å². The van der Waals surface area contributed by atoms with Crippen LogP contribution in [0.5, 0.6) is 0 Å². The third-order valence-corrected chi connectivity index (χ3v) is 1.41. The summed E-state index contributed by atoms with van der Waals surface area (Å²) in [6, 6.07) is 0. The van der Waals surface area contributed by atoms with Gasteiger partial charge in [-0.25, -0.2) is 4.98 Å². The molecule has 5 heteroatoms. The summed E-state index contributed by atoms with van der Waals surface area (Å²) < 4.78 is 34.7. The predicted octanol–water partition coefficient (Wildman–Crippen LogP) is 2.05. The van der Waals surface area contributed by atoms with Gasteiger partial charge in [0.05, 0.1) is 12.1 Å². The van der Waals surface area contributed by atoms with E-state index in [0.717, 1.165) is 11.3 Å². The Bertz CT molecular complexity index is 191. The van der Waals surface area contributed by atoms with Gasteiger partial charge in [0.1, 0.15) is 0 Å². The first-order valence-corrected chi connectivity index (χ1v) is 3.33. The molecule has 0 fully saturated rings. The Morgan fingerprint density at radius 3 is 2.70 bits per heavy atom. The van der Waals surface area contributed by atoms with Crippen LogP contribution in [0.1, 0.15) is 5.69 Å². The molecule has 1 radical (unpaired) electrons. The molecule has 0 amide bonds. The van der Waals surface area contributed by atoms with Crippen molar-refractivity contribution in [2.75, 3.05) is 0 Å². The fourth-order valence-corrected chi connectivity index (χ4v) is 0.987. The number of thiazole rings is 1. The van der Waals surface area contributed by atoms with Crippen molar-refractivity contribution >= 4 is 11.3 Å². The Morgan fingerprint density at radius 2 is 2.30 bits per heavy atom. The van der Waals surface area contributed by atoms with Crippen LogP contribution in [0.2, 0.25) is 0 Å². The highest BCUT2D eigenvalue weighted by atomic mass is 32.1. The second-order valence-electron chi connectivity index (χ2n) is 1.72. The summed E-state index contributed by atoms with van der Waals surface area (Å²) in [6.45, 7) is 0. The summed E-state index contributed by atoms with van der Waals surface area (Å²) in [5.74, 6) is 0. The van der Waals surface area contributed by atoms with Crippen LogP contribution >= 0.6 is 11.3 Å². The van der Waals surface area contributed by atoms with Crippen LogP contribution in [-0.2, 0) is 6.42 Å². The molecule has 0 atom stereocenters. The lowest BCUT2D eigenvalue weighted by atomic mass is 10.3. The first-order chi connectivity index (χ1) is 4.58. The number of hydrogen-bond acceptors (Lipinski definition) is 2. The molecule has 55 valence electrons. The standard InChI is InChI=1S/C5H3F3NS/c6-5(7,8)1-4-2-10-3-9-4/h2H,1H2. The van der Waals surface area contributed by atoms with Gasteiger partial charge >= 0.3 is 6.18 Å². The van der Waals surface area contributed by atoms with Crippen molar-refractivity contribution in [3.63, 3.8) is 0 Å². The monoisotopic (exact) mass is 166 g/mol. The third kappa shape index (κ3) is 2.34. The maximum atomic E-state index is 11.6. The van der Waals surface area contributed by atoms with E-state index in [1.54, 1.807) is 0 Å². The number of nitrogens with zero attached hydrogens (tertiary/aromatic N) is 1. The Hall–Kier alpha value is -0.580. The fraction of sp³-hybridized carbons (Fsp3) is 0.400. The van der Waals surface area contributed by atoms with Gasteiger partial charge < -0.3 is 0 Å². The molecule has 1 rings (SSSR count). The molecule has 0 spiro atoms. The van der Waals surface area contributed by atoms with Crippen molar-refractivity contribution in [2.45, 2.75) is 12.6 Å². The zero-order valence-corrected chi connectivity index (χ0v) is 5.59. The van der Waals surface area contributed by atoms with Crippen molar-refractivity contribution in [3.05, 3.63) is 16.6 Å². The van der Waals surface area contributed by atoms with E-state index < -0.39 is 12.6 Å². The zero-order valence-electron chi connectivity index (χ0n) is 4.77. The molecular formula is C5H3F3NS. The largest absolute Gasteiger partial charge is 0.394 e. The molecule has 0 saturated heterocycles. The molecular weight excluding hydrogens is 163 g/mol. The van der Waals surface area contributed by atoms with E-state index in [1.165, 1.54) is 5.38 Å². The Balaban J connectivity index is 2.57. The highest BCUT2D eigenvalue weighted by Gasteiger charge is 2.28. The lowest BCUT2D eigenvalue weighted by molar-refractivity contribution is -0.127. The molecule has 0 N–H and O–H groups in total. The summed E-state index contributed by atoms with van der Waals surface area (Å²) in [4.78, 5) is 3.38. The summed E-state index contributed by atoms with van der Waals surface area (Å²) >= 11 is 1.04. The number of rotatable bonds is 1. The molecule has 0 bridgehead atoms. The van der Waals surface area contributed by atoms with E-state index >= 15 is 0 Å². The van der Waals surface area contributed by atoms with Crippen molar-refractivity contribution in [1.82, 2.24) is 4.98 Å². The maximum Gasteiger partial charge on any atom is 0.394 e. The highest BCUT2D eigenvalue weighted by molar-refractivity contribution is 7.07. The van der Waals surface area contributed by atoms with Crippen molar-refractivity contribution in [3.8, 4) is 0 Å². The highest BCUT2D eigenvalue weighted by Crippen LogP contribution is 2.20. The van der Waals surface area contributed by atoms with E-state index in [-0.39, 0.29) is 5.69 Å². The van der Waals surface area contributed by atoms with Gasteiger partial charge in [-0.15, -0.1) is 11.3 Å². The summed E-state index contributed by atoms with van der Waals surface area (Å²) in [5.41, 5.74) is 2.38. The van der Waals surface area contributed by atoms with Gasteiger partial charge in [0.2, 0.25) is 0 Å². The van der Waals surface area contributed by atoms with Gasteiger partial charge in [-0.05, 0) is 0 Å². The van der Waals surface area contributed by atoms with Gasteiger partial charge in [0, 0.05) is 5.38 Å². The SMILES string of the molecule is FC(F)(F)Cc1cs[c]n1. The zero-order chi connectivity index (χ0) is 7.61. The Labute approximate surface area is 59.5 Å². The summed E-state index contributed by atoms with van der Waals surface area (Å²) in [6.07, 6.45) is -5.10. The molecule has 0 saturated carbocycles. The summed E-state index contributed by atoms with van der Waals surface area (Å²) in [7, 11) is 0. The van der Waals surface area contributed by atoms with Gasteiger partial charge in [-0.1, -0.05) is 0 Å². The molecule has 1 heterocycles. The van der Waals surface area contributed by atoms with Crippen LogP contribution in [0.25, 0.3) is 0 Å². The number of halogens is 3. The quantitative estimate of drug-likeness (QED) is 0.622. The van der Waals surface area contributed by atoms with E-state index in [2.05, 4.69) is 10.5 Å². The first-order valence-electron chi connectivity index (χ1n) is 2.45. The van der Waals surface area contributed by atoms with E-state index in [1.807, 2.05) is 0 Å². The Morgan fingerprint density at radius 1 is 1.60 bits per heavy atom. The number of aromatic nitrogens is 1. The van der Waals surface area contributed by atoms with Crippen LogP contribution in [0.3, 0.4) is 0 Å². The average molecular weight is 166 g/mol. The predicted molar refractivity (Wildman–Crippen MR) is 30.7 cm³/mol. The second kappa shape index (κ2) is 2.57. The molecule has 1 aromatic heterocycles. The minimum absolute atomic E-state index is 0.0394. The lowest BCUT2D eigenvalue weighted by Gasteiger charge is -2.01. The van der Waals surface area contributed by atoms with Crippen molar-refractivity contribution in [2.24, 2.45) is 0 Å². The topological polar surface area (TPSA) is 12.9 Å². The molecule has 0 aliphatic carbocycles. The Kier molecular flexibility index (Phi) is 1.94. The molecule has 10 heavy (non-hydrogen) atoms. The fourth-order valence-electron chi connectivity index (χ4n) is 0.492. The van der Waals surface area contributed by atoms with E-state index in [0.29, 0.717) is 0 Å². The van der Waals surface area contributed by atoms with E-state index in [9.17, 15) is 13.2 Å². The smallest absolute Gasteiger partial charge is 0.238 e. The lowest BCUT2D eigenvalue weighted by Crippen LogP contribution is -2.11. The molecule has 0 aromatic carbocycles. The van der Waals surface area contributed by atoms with Crippen LogP contribution in [-0.4, -0.2) is 11.2 Å². The van der Waals surface area contributed by atoms with Gasteiger partial charge in [0.25, 0.3) is 0 Å². The van der Waals surface area contributed by atoms with Crippen LogP contribution in [0.15, 0.2) is 5.38 Å². The van der Waals surface area contributed by atoms with Crippen molar-refractivity contribution < 1.29 is 13.2 Å². The second-order valence-corrected chi connectivity index (χ2v) is 2.38. The van der Waals surface area contributed by atoms with Gasteiger partial charge in [0.15, 0.2) is 5.51 Å². The molecule has 0 aliphatic rings. The minimum atomic E-state index is -4.15. The maximum absolute atomic E-state index is 11.6. The molecule has 1 aromatic rings. The van der Waals surface area contributed by atoms with E-state index in [4.69, 9.17) is 0 Å². The minimum Gasteiger partial charge on any atom is -0.238 e. The summed E-state index contributed by atoms with van der Waals surface area (Å²) in [5, 5.41) is 1.34. The molecule has 0 unspecified atom stereocenters. The van der Waals surface area contributed by atoms with Crippen LogP contribution < -0.4 is 0 Å². The van der Waals surface area contributed by atoms with Crippen molar-refractivity contribution in [1.29, 1.82) is 0 Å². The number of hydrogen-bond donors (Lipinski definition) is 0. The van der Waals surface area contributed by atoms with Crippen LogP contribution in [0.4, 0.5) is 13.2 Å².